The third-order valence-corrected chi connectivity index (χ3v) is 3.66. The summed E-state index contributed by atoms with van der Waals surface area (Å²) >= 11 is 0. The van der Waals surface area contributed by atoms with E-state index in [-0.39, 0.29) is 0 Å². The van der Waals surface area contributed by atoms with E-state index in [1.807, 2.05) is 0 Å². The smallest absolute Gasteiger partial charge is 0.0393 e. The van der Waals surface area contributed by atoms with Crippen molar-refractivity contribution < 1.29 is 0 Å². The number of piperazine rings is 1. The molecule has 1 aromatic carbocycles. The van der Waals surface area contributed by atoms with Crippen LogP contribution in [0.4, 0.5) is 5.69 Å². The molecule has 1 saturated heterocycles. The van der Waals surface area contributed by atoms with Gasteiger partial charge in [-0.05, 0) is 25.6 Å². The van der Waals surface area contributed by atoms with E-state index in [1.54, 1.807) is 0 Å². The fourth-order valence-electron chi connectivity index (χ4n) is 2.47. The van der Waals surface area contributed by atoms with Crippen LogP contribution in [0.2, 0.25) is 0 Å². The van der Waals surface area contributed by atoms with Crippen molar-refractivity contribution in [2.75, 3.05) is 45.2 Å². The summed E-state index contributed by atoms with van der Waals surface area (Å²) in [6.45, 7) is 6.60. The molecule has 0 aromatic heterocycles. The quantitative estimate of drug-likeness (QED) is 0.850. The maximum absolute atomic E-state index is 3.47. The highest BCUT2D eigenvalue weighted by Gasteiger charge is 2.20. The molecule has 1 N–H and O–H groups in total. The standard InChI is InChI=1S/C14H23N3/c1-12-6-4-5-7-14(12)17(3)11-13-10-15-8-9-16(13)2/h4-7,13,15H,8-11H2,1-3H3. The molecule has 1 atom stereocenters. The second-order valence-electron chi connectivity index (χ2n) is 5.01. The third kappa shape index (κ3) is 2.99. The number of aryl methyl sites for hydroxylation is 1. The molecule has 94 valence electrons. The van der Waals surface area contributed by atoms with E-state index in [0.29, 0.717) is 6.04 Å². The molecule has 0 bridgehead atoms. The third-order valence-electron chi connectivity index (χ3n) is 3.66. The second kappa shape index (κ2) is 5.52. The molecule has 3 heteroatoms. The number of para-hydroxylation sites is 1. The molecule has 0 saturated carbocycles. The minimum absolute atomic E-state index is 0.605. The first kappa shape index (κ1) is 12.4. The summed E-state index contributed by atoms with van der Waals surface area (Å²) in [4.78, 5) is 4.81. The van der Waals surface area contributed by atoms with E-state index in [1.165, 1.54) is 11.3 Å². The average Bonchev–Trinajstić information content (AvgIpc) is 2.32. The highest BCUT2D eigenvalue weighted by atomic mass is 15.2. The Morgan fingerprint density at radius 3 is 2.88 bits per heavy atom. The van der Waals surface area contributed by atoms with E-state index >= 15 is 0 Å². The number of rotatable bonds is 3. The molecule has 1 heterocycles. The van der Waals surface area contributed by atoms with Crippen molar-refractivity contribution in [3.05, 3.63) is 29.8 Å². The number of likely N-dealkylation sites (N-methyl/N-ethyl adjacent to an activating group) is 2. The molecule has 1 aliphatic rings. The zero-order valence-electron chi connectivity index (χ0n) is 11.1. The Kier molecular flexibility index (Phi) is 4.02. The van der Waals surface area contributed by atoms with Crippen LogP contribution in [0.25, 0.3) is 0 Å². The molecular formula is C14H23N3. The number of nitrogens with zero attached hydrogens (tertiary/aromatic N) is 2. The van der Waals surface area contributed by atoms with Crippen LogP contribution in [0, 0.1) is 6.92 Å². The van der Waals surface area contributed by atoms with E-state index in [2.05, 4.69) is 60.4 Å². The van der Waals surface area contributed by atoms with Crippen molar-refractivity contribution in [3.8, 4) is 0 Å². The summed E-state index contributed by atoms with van der Waals surface area (Å²) in [7, 11) is 4.40. The number of benzene rings is 1. The molecule has 0 spiro atoms. The van der Waals surface area contributed by atoms with Gasteiger partial charge in [0.1, 0.15) is 0 Å². The minimum atomic E-state index is 0.605. The summed E-state index contributed by atoms with van der Waals surface area (Å²) in [6.07, 6.45) is 0. The Morgan fingerprint density at radius 2 is 2.18 bits per heavy atom. The lowest BCUT2D eigenvalue weighted by Gasteiger charge is -2.36. The Hall–Kier alpha value is -1.06. The molecule has 0 radical (unpaired) electrons. The van der Waals surface area contributed by atoms with Crippen LogP contribution in [-0.4, -0.2) is 51.2 Å². The van der Waals surface area contributed by atoms with Crippen LogP contribution >= 0.6 is 0 Å². The van der Waals surface area contributed by atoms with Crippen molar-refractivity contribution in [2.24, 2.45) is 0 Å². The van der Waals surface area contributed by atoms with Gasteiger partial charge in [0.15, 0.2) is 0 Å². The van der Waals surface area contributed by atoms with Gasteiger partial charge in [-0.3, -0.25) is 4.90 Å². The van der Waals surface area contributed by atoms with Gasteiger partial charge in [-0.15, -0.1) is 0 Å². The van der Waals surface area contributed by atoms with Crippen LogP contribution in [-0.2, 0) is 0 Å². The van der Waals surface area contributed by atoms with E-state index < -0.39 is 0 Å². The highest BCUT2D eigenvalue weighted by Crippen LogP contribution is 2.18. The molecule has 1 fully saturated rings. The molecule has 1 unspecified atom stereocenters. The van der Waals surface area contributed by atoms with Gasteiger partial charge in [0.05, 0.1) is 0 Å². The first-order valence-electron chi connectivity index (χ1n) is 6.36. The van der Waals surface area contributed by atoms with Gasteiger partial charge in [0, 0.05) is 45.0 Å². The lowest BCUT2D eigenvalue weighted by Crippen LogP contribution is -2.53. The fraction of sp³-hybridized carbons (Fsp3) is 0.571. The SMILES string of the molecule is Cc1ccccc1N(C)CC1CNCCN1C. The molecule has 0 amide bonds. The minimum Gasteiger partial charge on any atom is -0.373 e. The van der Waals surface area contributed by atoms with Gasteiger partial charge in [0.25, 0.3) is 0 Å². The molecule has 17 heavy (non-hydrogen) atoms. The monoisotopic (exact) mass is 233 g/mol. The Morgan fingerprint density at radius 1 is 1.41 bits per heavy atom. The Bertz CT molecular complexity index is 364. The predicted molar refractivity (Wildman–Crippen MR) is 73.7 cm³/mol. The van der Waals surface area contributed by atoms with Gasteiger partial charge in [0.2, 0.25) is 0 Å². The molecule has 1 aromatic rings. The Balaban J connectivity index is 2.01. The number of hydrogen-bond donors (Lipinski definition) is 1. The summed E-state index contributed by atoms with van der Waals surface area (Å²) in [5, 5.41) is 3.47. The highest BCUT2D eigenvalue weighted by molar-refractivity contribution is 5.52. The van der Waals surface area contributed by atoms with Crippen molar-refractivity contribution in [2.45, 2.75) is 13.0 Å². The Labute approximate surface area is 104 Å². The summed E-state index contributed by atoms with van der Waals surface area (Å²) < 4.78 is 0. The summed E-state index contributed by atoms with van der Waals surface area (Å²) in [5.74, 6) is 0. The number of hydrogen-bond acceptors (Lipinski definition) is 3. The van der Waals surface area contributed by atoms with Gasteiger partial charge >= 0.3 is 0 Å². The van der Waals surface area contributed by atoms with Gasteiger partial charge in [-0.25, -0.2) is 0 Å². The van der Waals surface area contributed by atoms with Crippen LogP contribution < -0.4 is 10.2 Å². The number of nitrogens with one attached hydrogen (secondary N) is 1. The first-order valence-corrected chi connectivity index (χ1v) is 6.36. The van der Waals surface area contributed by atoms with Crippen LogP contribution in [0.1, 0.15) is 5.56 Å². The molecule has 0 aliphatic carbocycles. The van der Waals surface area contributed by atoms with Crippen molar-refractivity contribution in [3.63, 3.8) is 0 Å². The maximum atomic E-state index is 3.47. The molecule has 2 rings (SSSR count). The van der Waals surface area contributed by atoms with Gasteiger partial charge in [-0.1, -0.05) is 18.2 Å². The molecule has 1 aliphatic heterocycles. The van der Waals surface area contributed by atoms with Crippen LogP contribution in [0.5, 0.6) is 0 Å². The van der Waals surface area contributed by atoms with Crippen molar-refractivity contribution >= 4 is 5.69 Å². The van der Waals surface area contributed by atoms with Crippen molar-refractivity contribution in [1.82, 2.24) is 10.2 Å². The lowest BCUT2D eigenvalue weighted by molar-refractivity contribution is 0.204. The zero-order chi connectivity index (χ0) is 12.3. The molecular weight excluding hydrogens is 210 g/mol. The molecule has 3 nitrogen and oxygen atoms in total. The lowest BCUT2D eigenvalue weighted by atomic mass is 10.1. The van der Waals surface area contributed by atoms with E-state index in [0.717, 1.165) is 26.2 Å². The summed E-state index contributed by atoms with van der Waals surface area (Å²) in [6, 6.07) is 9.19. The van der Waals surface area contributed by atoms with Crippen LogP contribution in [0.3, 0.4) is 0 Å². The normalized spacial score (nSPS) is 21.5. The largest absolute Gasteiger partial charge is 0.373 e. The van der Waals surface area contributed by atoms with Gasteiger partial charge in [-0.2, -0.15) is 0 Å². The first-order chi connectivity index (χ1) is 8.18. The summed E-state index contributed by atoms with van der Waals surface area (Å²) in [5.41, 5.74) is 2.69. The zero-order valence-corrected chi connectivity index (χ0v) is 11.1. The average molecular weight is 233 g/mol. The second-order valence-corrected chi connectivity index (χ2v) is 5.01. The number of anilines is 1. The van der Waals surface area contributed by atoms with Gasteiger partial charge < -0.3 is 10.2 Å². The maximum Gasteiger partial charge on any atom is 0.0393 e. The van der Waals surface area contributed by atoms with Crippen molar-refractivity contribution in [1.29, 1.82) is 0 Å². The fourth-order valence-corrected chi connectivity index (χ4v) is 2.47. The topological polar surface area (TPSA) is 18.5 Å². The van der Waals surface area contributed by atoms with E-state index in [4.69, 9.17) is 0 Å². The predicted octanol–water partition coefficient (Wildman–Crippen LogP) is 1.33. The van der Waals surface area contributed by atoms with Crippen LogP contribution in [0.15, 0.2) is 24.3 Å². The van der Waals surface area contributed by atoms with E-state index in [9.17, 15) is 0 Å².